The topological polar surface area (TPSA) is 67.6 Å². The third-order valence-corrected chi connectivity index (χ3v) is 4.37. The van der Waals surface area contributed by atoms with Gasteiger partial charge in [-0.2, -0.15) is 5.26 Å². The predicted octanol–water partition coefficient (Wildman–Crippen LogP) is 2.72. The molecule has 0 amide bonds. The predicted molar refractivity (Wildman–Crippen MR) is 92.0 cm³/mol. The van der Waals surface area contributed by atoms with Crippen molar-refractivity contribution in [2.75, 3.05) is 31.1 Å². The number of benzene rings is 2. The molecule has 1 aliphatic heterocycles. The van der Waals surface area contributed by atoms with Gasteiger partial charge in [-0.1, -0.05) is 12.1 Å². The van der Waals surface area contributed by atoms with E-state index in [0.717, 1.165) is 18.7 Å². The molecule has 0 bridgehead atoms. The molecule has 2 aromatic rings. The molecule has 0 spiro atoms. The zero-order valence-electron chi connectivity index (χ0n) is 13.7. The smallest absolute Gasteiger partial charge is 0.335 e. The summed E-state index contributed by atoms with van der Waals surface area (Å²) >= 11 is 0. The Morgan fingerprint density at radius 3 is 2.56 bits per heavy atom. The lowest BCUT2D eigenvalue weighted by Crippen LogP contribution is -2.46. The summed E-state index contributed by atoms with van der Waals surface area (Å²) in [4.78, 5) is 15.2. The fourth-order valence-corrected chi connectivity index (χ4v) is 3.04. The van der Waals surface area contributed by atoms with Crippen LogP contribution in [0.1, 0.15) is 21.5 Å². The van der Waals surface area contributed by atoms with E-state index in [1.54, 1.807) is 30.3 Å². The van der Waals surface area contributed by atoms with Crippen molar-refractivity contribution < 1.29 is 14.3 Å². The van der Waals surface area contributed by atoms with E-state index >= 15 is 0 Å². The molecule has 3 rings (SSSR count). The Morgan fingerprint density at radius 1 is 1.16 bits per heavy atom. The fourth-order valence-electron chi connectivity index (χ4n) is 3.04. The number of carboxylic acid groups (broad SMARTS) is 1. The van der Waals surface area contributed by atoms with Gasteiger partial charge in [0.25, 0.3) is 0 Å². The van der Waals surface area contributed by atoms with E-state index in [4.69, 9.17) is 10.4 Å². The van der Waals surface area contributed by atoms with Crippen molar-refractivity contribution in [1.29, 1.82) is 5.26 Å². The van der Waals surface area contributed by atoms with Crippen LogP contribution in [0.3, 0.4) is 0 Å². The Balaban J connectivity index is 1.61. The van der Waals surface area contributed by atoms with Crippen LogP contribution in [0.15, 0.2) is 42.5 Å². The Labute approximate surface area is 145 Å². The summed E-state index contributed by atoms with van der Waals surface area (Å²) < 4.78 is 14.1. The zero-order chi connectivity index (χ0) is 17.8. The molecule has 0 saturated carbocycles. The maximum atomic E-state index is 14.1. The summed E-state index contributed by atoms with van der Waals surface area (Å²) in [5.74, 6) is -1.30. The van der Waals surface area contributed by atoms with E-state index in [0.29, 0.717) is 30.9 Å². The number of carbonyl (C=O) groups is 1. The van der Waals surface area contributed by atoms with Crippen molar-refractivity contribution in [3.63, 3.8) is 0 Å². The molecule has 25 heavy (non-hydrogen) atoms. The van der Waals surface area contributed by atoms with Gasteiger partial charge in [0.2, 0.25) is 0 Å². The number of nitriles is 1. The highest BCUT2D eigenvalue weighted by atomic mass is 19.1. The molecule has 1 N–H and O–H groups in total. The van der Waals surface area contributed by atoms with Gasteiger partial charge in [0.15, 0.2) is 0 Å². The Bertz CT molecular complexity index is 824. The van der Waals surface area contributed by atoms with Crippen LogP contribution in [0.5, 0.6) is 0 Å². The lowest BCUT2D eigenvalue weighted by atomic mass is 10.1. The summed E-state index contributed by atoms with van der Waals surface area (Å²) in [5.41, 5.74) is 2.08. The first kappa shape index (κ1) is 16.9. The van der Waals surface area contributed by atoms with Crippen LogP contribution in [0.2, 0.25) is 0 Å². The molecule has 6 heteroatoms. The molecule has 1 heterocycles. The molecule has 0 radical (unpaired) electrons. The number of hydrogen-bond acceptors (Lipinski definition) is 4. The van der Waals surface area contributed by atoms with E-state index in [1.165, 1.54) is 6.07 Å². The van der Waals surface area contributed by atoms with E-state index < -0.39 is 5.97 Å². The molecule has 1 aliphatic rings. The maximum absolute atomic E-state index is 14.1. The third kappa shape index (κ3) is 3.95. The number of nitrogens with zero attached hydrogens (tertiary/aromatic N) is 3. The minimum atomic E-state index is -0.928. The quantitative estimate of drug-likeness (QED) is 0.928. The van der Waals surface area contributed by atoms with Crippen molar-refractivity contribution >= 4 is 11.7 Å². The Hall–Kier alpha value is -2.91. The Kier molecular flexibility index (Phi) is 4.96. The van der Waals surface area contributed by atoms with Crippen molar-refractivity contribution in [2.24, 2.45) is 0 Å². The van der Waals surface area contributed by atoms with Gasteiger partial charge in [-0.25, -0.2) is 9.18 Å². The van der Waals surface area contributed by atoms with Crippen molar-refractivity contribution in [3.8, 4) is 6.07 Å². The minimum Gasteiger partial charge on any atom is -0.478 e. The Morgan fingerprint density at radius 2 is 1.92 bits per heavy atom. The van der Waals surface area contributed by atoms with Gasteiger partial charge in [0, 0.05) is 32.7 Å². The minimum absolute atomic E-state index is 0.288. The molecule has 0 aromatic heterocycles. The third-order valence-electron chi connectivity index (χ3n) is 4.37. The number of rotatable bonds is 4. The highest BCUT2D eigenvalue weighted by Crippen LogP contribution is 2.22. The van der Waals surface area contributed by atoms with Crippen LogP contribution < -0.4 is 4.90 Å². The molecule has 1 saturated heterocycles. The first-order valence-electron chi connectivity index (χ1n) is 8.06. The number of aromatic carboxylic acids is 1. The summed E-state index contributed by atoms with van der Waals surface area (Å²) in [6.45, 7) is 3.56. The SMILES string of the molecule is N#Cc1ccc(N2CCN(Cc3cccc(C(=O)O)c3)CC2)c(F)c1. The van der Waals surface area contributed by atoms with Gasteiger partial charge in [0.1, 0.15) is 5.82 Å². The van der Waals surface area contributed by atoms with E-state index in [1.807, 2.05) is 17.0 Å². The van der Waals surface area contributed by atoms with Gasteiger partial charge in [0.05, 0.1) is 22.9 Å². The lowest BCUT2D eigenvalue weighted by molar-refractivity contribution is 0.0696. The molecule has 128 valence electrons. The second kappa shape index (κ2) is 7.32. The monoisotopic (exact) mass is 339 g/mol. The number of piperazine rings is 1. The molecule has 0 aliphatic carbocycles. The number of halogens is 1. The summed E-state index contributed by atoms with van der Waals surface area (Å²) in [5, 5.41) is 17.9. The van der Waals surface area contributed by atoms with E-state index in [2.05, 4.69) is 4.90 Å². The van der Waals surface area contributed by atoms with Crippen molar-refractivity contribution in [1.82, 2.24) is 4.90 Å². The van der Waals surface area contributed by atoms with E-state index in [9.17, 15) is 9.18 Å². The highest BCUT2D eigenvalue weighted by Gasteiger charge is 2.20. The molecule has 0 atom stereocenters. The zero-order valence-corrected chi connectivity index (χ0v) is 13.7. The maximum Gasteiger partial charge on any atom is 0.335 e. The molecule has 5 nitrogen and oxygen atoms in total. The summed E-state index contributed by atoms with van der Waals surface area (Å²) in [6, 6.07) is 13.4. The average molecular weight is 339 g/mol. The van der Waals surface area contributed by atoms with Gasteiger partial charge in [-0.05, 0) is 35.9 Å². The molecule has 1 fully saturated rings. The number of anilines is 1. The molecular weight excluding hydrogens is 321 g/mol. The molecule has 0 unspecified atom stereocenters. The number of carboxylic acids is 1. The first-order valence-corrected chi connectivity index (χ1v) is 8.06. The van der Waals surface area contributed by atoms with Gasteiger partial charge in [-0.3, -0.25) is 4.90 Å². The van der Waals surface area contributed by atoms with Crippen molar-refractivity contribution in [2.45, 2.75) is 6.54 Å². The van der Waals surface area contributed by atoms with Crippen LogP contribution in [0, 0.1) is 17.1 Å². The lowest BCUT2D eigenvalue weighted by Gasteiger charge is -2.36. The first-order chi connectivity index (χ1) is 12.1. The van der Waals surface area contributed by atoms with Gasteiger partial charge < -0.3 is 10.0 Å². The van der Waals surface area contributed by atoms with Gasteiger partial charge in [-0.15, -0.1) is 0 Å². The summed E-state index contributed by atoms with van der Waals surface area (Å²) in [7, 11) is 0. The van der Waals surface area contributed by atoms with E-state index in [-0.39, 0.29) is 11.4 Å². The molecule has 2 aromatic carbocycles. The number of hydrogen-bond donors (Lipinski definition) is 1. The average Bonchev–Trinajstić information content (AvgIpc) is 2.62. The standard InChI is InChI=1S/C19H18FN3O2/c20-17-11-14(12-21)4-5-18(17)23-8-6-22(7-9-23)13-15-2-1-3-16(10-15)19(24)25/h1-5,10-11H,6-9,13H2,(H,24,25). The van der Waals surface area contributed by atoms with Crippen LogP contribution in [-0.2, 0) is 6.54 Å². The van der Waals surface area contributed by atoms with Crippen LogP contribution >= 0.6 is 0 Å². The van der Waals surface area contributed by atoms with Crippen LogP contribution in [0.4, 0.5) is 10.1 Å². The van der Waals surface area contributed by atoms with Crippen LogP contribution in [0.25, 0.3) is 0 Å². The second-order valence-electron chi connectivity index (χ2n) is 6.05. The van der Waals surface area contributed by atoms with Crippen LogP contribution in [-0.4, -0.2) is 42.2 Å². The second-order valence-corrected chi connectivity index (χ2v) is 6.05. The normalized spacial score (nSPS) is 15.0. The largest absolute Gasteiger partial charge is 0.478 e. The molecular formula is C19H18FN3O2. The van der Waals surface area contributed by atoms with Gasteiger partial charge >= 0.3 is 5.97 Å². The fraction of sp³-hybridized carbons (Fsp3) is 0.263. The summed E-state index contributed by atoms with van der Waals surface area (Å²) in [6.07, 6.45) is 0. The highest BCUT2D eigenvalue weighted by molar-refractivity contribution is 5.87. The van der Waals surface area contributed by atoms with Crippen molar-refractivity contribution in [3.05, 3.63) is 65.0 Å².